The number of carbonyl (C=O) groups excluding carboxylic acids is 1. The van der Waals surface area contributed by atoms with E-state index in [1.54, 1.807) is 6.33 Å². The zero-order valence-corrected chi connectivity index (χ0v) is 12.4. The molecule has 1 heterocycles. The zero-order chi connectivity index (χ0) is 15.2. The van der Waals surface area contributed by atoms with Crippen LogP contribution in [0.2, 0.25) is 0 Å². The van der Waals surface area contributed by atoms with E-state index in [2.05, 4.69) is 15.5 Å². The average Bonchev–Trinajstić information content (AvgIpc) is 2.91. The van der Waals surface area contributed by atoms with Crippen LogP contribution in [0, 0.1) is 5.92 Å². The van der Waals surface area contributed by atoms with Gasteiger partial charge >= 0.3 is 0 Å². The molecule has 2 rings (SSSR count). The highest BCUT2D eigenvalue weighted by atomic mass is 16.1. The largest absolute Gasteiger partial charge is 0.330 e. The molecule has 0 fully saturated rings. The van der Waals surface area contributed by atoms with Gasteiger partial charge in [-0.25, -0.2) is 0 Å². The summed E-state index contributed by atoms with van der Waals surface area (Å²) in [5, 5.41) is 10.8. The molecule has 1 unspecified atom stereocenters. The summed E-state index contributed by atoms with van der Waals surface area (Å²) in [4.78, 5) is 12.0. The molecule has 6 heteroatoms. The fourth-order valence-corrected chi connectivity index (χ4v) is 2.15. The molecule has 112 valence electrons. The van der Waals surface area contributed by atoms with E-state index >= 15 is 0 Å². The van der Waals surface area contributed by atoms with E-state index in [0.29, 0.717) is 13.0 Å². The molecule has 1 amide bonds. The quantitative estimate of drug-likeness (QED) is 0.848. The number of nitrogens with one attached hydrogen (secondary N) is 1. The Labute approximate surface area is 124 Å². The van der Waals surface area contributed by atoms with Crippen LogP contribution in [-0.4, -0.2) is 27.2 Å². The van der Waals surface area contributed by atoms with E-state index in [1.807, 2.05) is 42.8 Å². The molecular weight excluding hydrogens is 266 g/mol. The van der Waals surface area contributed by atoms with Gasteiger partial charge in [0.15, 0.2) is 5.82 Å². The summed E-state index contributed by atoms with van der Waals surface area (Å²) in [6.45, 7) is 2.57. The monoisotopic (exact) mass is 287 g/mol. The number of anilines is 1. The van der Waals surface area contributed by atoms with Crippen LogP contribution in [0.25, 0.3) is 11.4 Å². The van der Waals surface area contributed by atoms with Crippen LogP contribution in [-0.2, 0) is 11.8 Å². The van der Waals surface area contributed by atoms with Gasteiger partial charge in [-0.15, -0.1) is 10.2 Å². The Bertz CT molecular complexity index is 604. The molecule has 0 spiro atoms. The molecule has 1 aromatic heterocycles. The van der Waals surface area contributed by atoms with E-state index in [1.165, 1.54) is 0 Å². The van der Waals surface area contributed by atoms with Crippen LogP contribution in [0.15, 0.2) is 30.6 Å². The Morgan fingerprint density at radius 3 is 2.90 bits per heavy atom. The maximum absolute atomic E-state index is 12.0. The summed E-state index contributed by atoms with van der Waals surface area (Å²) in [5.74, 6) is 0.980. The fourth-order valence-electron chi connectivity index (χ4n) is 2.15. The lowest BCUT2D eigenvalue weighted by molar-refractivity contribution is -0.117. The van der Waals surface area contributed by atoms with Crippen LogP contribution < -0.4 is 11.1 Å². The fraction of sp³-hybridized carbons (Fsp3) is 0.400. The number of nitrogens with zero attached hydrogens (tertiary/aromatic N) is 3. The van der Waals surface area contributed by atoms with Gasteiger partial charge in [-0.05, 0) is 24.6 Å². The van der Waals surface area contributed by atoms with Gasteiger partial charge in [-0.3, -0.25) is 4.79 Å². The van der Waals surface area contributed by atoms with Gasteiger partial charge in [0.05, 0.1) is 0 Å². The summed E-state index contributed by atoms with van der Waals surface area (Å²) in [5.41, 5.74) is 7.30. The number of hydrogen-bond donors (Lipinski definition) is 2. The number of rotatable bonds is 6. The zero-order valence-electron chi connectivity index (χ0n) is 12.4. The summed E-state index contributed by atoms with van der Waals surface area (Å²) in [6.07, 6.45) is 3.00. The van der Waals surface area contributed by atoms with Gasteiger partial charge in [0.2, 0.25) is 5.91 Å². The second-order valence-corrected chi connectivity index (χ2v) is 5.11. The van der Waals surface area contributed by atoms with Crippen molar-refractivity contribution in [2.24, 2.45) is 18.7 Å². The van der Waals surface area contributed by atoms with Crippen LogP contribution >= 0.6 is 0 Å². The molecule has 0 aliphatic rings. The lowest BCUT2D eigenvalue weighted by atomic mass is 10.0. The SMILES string of the molecule is CCC(CN)CC(=O)Nc1cccc(-c2nncn2C)c1. The van der Waals surface area contributed by atoms with Crippen molar-refractivity contribution in [3.63, 3.8) is 0 Å². The van der Waals surface area contributed by atoms with Gasteiger partial charge in [-0.1, -0.05) is 25.5 Å². The Morgan fingerprint density at radius 2 is 2.29 bits per heavy atom. The topological polar surface area (TPSA) is 85.8 Å². The lowest BCUT2D eigenvalue weighted by Gasteiger charge is -2.12. The van der Waals surface area contributed by atoms with Gasteiger partial charge in [-0.2, -0.15) is 0 Å². The number of benzene rings is 1. The first-order valence-electron chi connectivity index (χ1n) is 7.08. The Balaban J connectivity index is 2.08. The van der Waals surface area contributed by atoms with Crippen LogP contribution in [0.3, 0.4) is 0 Å². The normalized spacial score (nSPS) is 12.1. The molecule has 3 N–H and O–H groups in total. The number of hydrogen-bond acceptors (Lipinski definition) is 4. The van der Waals surface area contributed by atoms with E-state index in [9.17, 15) is 4.79 Å². The minimum atomic E-state index is -0.0117. The molecule has 0 radical (unpaired) electrons. The summed E-state index contributed by atoms with van der Waals surface area (Å²) in [7, 11) is 1.88. The lowest BCUT2D eigenvalue weighted by Crippen LogP contribution is -2.21. The van der Waals surface area contributed by atoms with Crippen molar-refractivity contribution in [1.82, 2.24) is 14.8 Å². The third kappa shape index (κ3) is 3.88. The molecular formula is C15H21N5O. The Hall–Kier alpha value is -2.21. The average molecular weight is 287 g/mol. The first-order chi connectivity index (χ1) is 10.1. The maximum atomic E-state index is 12.0. The van der Waals surface area contributed by atoms with Crippen molar-refractivity contribution < 1.29 is 4.79 Å². The van der Waals surface area contributed by atoms with Crippen molar-refractivity contribution in [2.45, 2.75) is 19.8 Å². The molecule has 2 aromatic rings. The van der Waals surface area contributed by atoms with Gasteiger partial charge in [0, 0.05) is 24.7 Å². The van der Waals surface area contributed by atoms with E-state index < -0.39 is 0 Å². The van der Waals surface area contributed by atoms with Crippen molar-refractivity contribution in [1.29, 1.82) is 0 Å². The number of nitrogens with two attached hydrogens (primary N) is 1. The summed E-state index contributed by atoms with van der Waals surface area (Å²) in [6, 6.07) is 7.58. The molecule has 0 saturated heterocycles. The maximum Gasteiger partial charge on any atom is 0.224 e. The van der Waals surface area contributed by atoms with Crippen molar-refractivity contribution >= 4 is 11.6 Å². The number of carbonyl (C=O) groups is 1. The Kier molecular flexibility index (Phi) is 5.05. The van der Waals surface area contributed by atoms with E-state index in [-0.39, 0.29) is 11.8 Å². The molecule has 6 nitrogen and oxygen atoms in total. The smallest absolute Gasteiger partial charge is 0.224 e. The minimum absolute atomic E-state index is 0.0117. The van der Waals surface area contributed by atoms with Crippen LogP contribution in [0.1, 0.15) is 19.8 Å². The van der Waals surface area contributed by atoms with Crippen LogP contribution in [0.4, 0.5) is 5.69 Å². The van der Waals surface area contributed by atoms with Crippen LogP contribution in [0.5, 0.6) is 0 Å². The molecule has 0 aliphatic heterocycles. The predicted molar refractivity (Wildman–Crippen MR) is 82.5 cm³/mol. The van der Waals surface area contributed by atoms with E-state index in [0.717, 1.165) is 23.5 Å². The summed E-state index contributed by atoms with van der Waals surface area (Å²) < 4.78 is 1.84. The highest BCUT2D eigenvalue weighted by Gasteiger charge is 2.11. The molecule has 21 heavy (non-hydrogen) atoms. The molecule has 0 aliphatic carbocycles. The first-order valence-corrected chi connectivity index (χ1v) is 7.08. The standard InChI is InChI=1S/C15H21N5O/c1-3-11(9-16)7-14(21)18-13-6-4-5-12(8-13)15-19-17-10-20(15)2/h4-6,8,10-11H,3,7,9,16H2,1-2H3,(H,18,21). The first kappa shape index (κ1) is 15.2. The molecule has 1 atom stereocenters. The number of aromatic nitrogens is 3. The van der Waals surface area contributed by atoms with Gasteiger partial charge < -0.3 is 15.6 Å². The Morgan fingerprint density at radius 1 is 1.48 bits per heavy atom. The number of aryl methyl sites for hydroxylation is 1. The molecule has 1 aromatic carbocycles. The predicted octanol–water partition coefficient (Wildman–Crippen LogP) is 1.80. The van der Waals surface area contributed by atoms with Crippen molar-refractivity contribution in [3.8, 4) is 11.4 Å². The van der Waals surface area contributed by atoms with E-state index in [4.69, 9.17) is 5.73 Å². The third-order valence-electron chi connectivity index (χ3n) is 3.50. The number of amides is 1. The van der Waals surface area contributed by atoms with Crippen molar-refractivity contribution in [3.05, 3.63) is 30.6 Å². The van der Waals surface area contributed by atoms with Crippen molar-refractivity contribution in [2.75, 3.05) is 11.9 Å². The summed E-state index contributed by atoms with van der Waals surface area (Å²) >= 11 is 0. The molecule has 0 saturated carbocycles. The van der Waals surface area contributed by atoms with Gasteiger partial charge in [0.1, 0.15) is 6.33 Å². The third-order valence-corrected chi connectivity index (χ3v) is 3.50. The van der Waals surface area contributed by atoms with Gasteiger partial charge in [0.25, 0.3) is 0 Å². The molecule has 0 bridgehead atoms. The second-order valence-electron chi connectivity index (χ2n) is 5.11. The second kappa shape index (κ2) is 6.99. The minimum Gasteiger partial charge on any atom is -0.330 e. The highest BCUT2D eigenvalue weighted by molar-refractivity contribution is 5.91. The highest BCUT2D eigenvalue weighted by Crippen LogP contribution is 2.20.